The summed E-state index contributed by atoms with van der Waals surface area (Å²) in [5, 5.41) is 0. The van der Waals surface area contributed by atoms with E-state index in [-0.39, 0.29) is 11.5 Å². The molecule has 0 N–H and O–H groups in total. The van der Waals surface area contributed by atoms with E-state index in [1.54, 1.807) is 0 Å². The second kappa shape index (κ2) is 4.43. The summed E-state index contributed by atoms with van der Waals surface area (Å²) in [6.45, 7) is 0. The number of carbonyl (C=O) groups excluding carboxylic acids is 1. The van der Waals surface area contributed by atoms with Crippen LogP contribution in [-0.2, 0) is 14.6 Å². The van der Waals surface area contributed by atoms with Crippen molar-refractivity contribution >= 4 is 16.1 Å². The molecule has 0 aromatic rings. The second-order valence-electron chi connectivity index (χ2n) is 3.24. The van der Waals surface area contributed by atoms with Crippen LogP contribution in [0.4, 0.5) is 0 Å². The molecular formula is C9H12O3S. The molecule has 1 heterocycles. The lowest BCUT2D eigenvalue weighted by atomic mass is 9.99. The third kappa shape index (κ3) is 3.60. The fourth-order valence-electron chi connectivity index (χ4n) is 1.39. The molecule has 0 saturated carbocycles. The highest BCUT2D eigenvalue weighted by Gasteiger charge is 2.22. The molecule has 13 heavy (non-hydrogen) atoms. The van der Waals surface area contributed by atoms with Gasteiger partial charge in [0.15, 0.2) is 6.29 Å². The van der Waals surface area contributed by atoms with Gasteiger partial charge < -0.3 is 0 Å². The van der Waals surface area contributed by atoms with Crippen molar-refractivity contribution in [3.63, 3.8) is 0 Å². The van der Waals surface area contributed by atoms with Crippen LogP contribution in [0.1, 0.15) is 19.3 Å². The number of hydrogen-bond donors (Lipinski definition) is 0. The molecule has 0 bridgehead atoms. The zero-order chi connectivity index (χ0) is 9.73. The second-order valence-corrected chi connectivity index (χ2v) is 5.54. The first-order chi connectivity index (χ1) is 6.14. The van der Waals surface area contributed by atoms with Crippen molar-refractivity contribution in [2.75, 3.05) is 11.5 Å². The van der Waals surface area contributed by atoms with E-state index in [0.29, 0.717) is 31.5 Å². The van der Waals surface area contributed by atoms with E-state index in [9.17, 15) is 13.2 Å². The molecule has 0 radical (unpaired) electrons. The van der Waals surface area contributed by atoms with Gasteiger partial charge in [-0.05, 0) is 24.7 Å². The van der Waals surface area contributed by atoms with Crippen LogP contribution < -0.4 is 0 Å². The Morgan fingerprint density at radius 2 is 1.92 bits per heavy atom. The smallest absolute Gasteiger partial charge is 0.192 e. The van der Waals surface area contributed by atoms with Gasteiger partial charge in [-0.15, -0.1) is 0 Å². The molecule has 1 aliphatic rings. The molecule has 0 spiro atoms. The number of hydrogen-bond acceptors (Lipinski definition) is 3. The van der Waals surface area contributed by atoms with Crippen molar-refractivity contribution < 1.29 is 13.2 Å². The van der Waals surface area contributed by atoms with Gasteiger partial charge in [0.2, 0.25) is 0 Å². The van der Waals surface area contributed by atoms with Crippen molar-refractivity contribution in [2.24, 2.45) is 5.92 Å². The van der Waals surface area contributed by atoms with Crippen LogP contribution in [0.3, 0.4) is 0 Å². The summed E-state index contributed by atoms with van der Waals surface area (Å²) in [5.74, 6) is 5.97. The van der Waals surface area contributed by atoms with E-state index in [2.05, 4.69) is 11.8 Å². The van der Waals surface area contributed by atoms with Crippen LogP contribution in [0.5, 0.6) is 0 Å². The Kier molecular flexibility index (Phi) is 3.49. The Balaban J connectivity index is 2.37. The standard InChI is InChI=1S/C9H12O3S/c10-6-2-1-3-9-4-7-13(11,12)8-5-9/h6,9H,3-5,7-8H2. The Bertz CT molecular complexity index is 318. The zero-order valence-corrected chi connectivity index (χ0v) is 8.14. The topological polar surface area (TPSA) is 51.2 Å². The summed E-state index contributed by atoms with van der Waals surface area (Å²) in [4.78, 5) is 9.88. The van der Waals surface area contributed by atoms with Crippen molar-refractivity contribution in [3.8, 4) is 11.8 Å². The first-order valence-corrected chi connectivity index (χ1v) is 6.08. The van der Waals surface area contributed by atoms with Gasteiger partial charge in [0.25, 0.3) is 0 Å². The SMILES string of the molecule is O=CC#CCC1CCS(=O)(=O)CC1. The van der Waals surface area contributed by atoms with Crippen molar-refractivity contribution in [1.29, 1.82) is 0 Å². The minimum atomic E-state index is -2.76. The van der Waals surface area contributed by atoms with Gasteiger partial charge in [-0.2, -0.15) is 0 Å². The molecule has 0 aromatic carbocycles. The third-order valence-electron chi connectivity index (χ3n) is 2.23. The maximum atomic E-state index is 11.0. The normalized spacial score (nSPS) is 21.5. The average Bonchev–Trinajstić information content (AvgIpc) is 2.08. The van der Waals surface area contributed by atoms with E-state index in [0.717, 1.165) is 0 Å². The summed E-state index contributed by atoms with van der Waals surface area (Å²) < 4.78 is 22.1. The van der Waals surface area contributed by atoms with E-state index in [1.165, 1.54) is 0 Å². The highest BCUT2D eigenvalue weighted by atomic mass is 32.2. The number of sulfone groups is 1. The van der Waals surface area contributed by atoms with E-state index >= 15 is 0 Å². The summed E-state index contributed by atoms with van der Waals surface area (Å²) >= 11 is 0. The largest absolute Gasteiger partial charge is 0.289 e. The van der Waals surface area contributed by atoms with Crippen molar-refractivity contribution in [1.82, 2.24) is 0 Å². The zero-order valence-electron chi connectivity index (χ0n) is 7.32. The average molecular weight is 200 g/mol. The Hall–Kier alpha value is -0.820. The number of carbonyl (C=O) groups is 1. The van der Waals surface area contributed by atoms with E-state index < -0.39 is 9.84 Å². The first-order valence-electron chi connectivity index (χ1n) is 4.26. The van der Waals surface area contributed by atoms with E-state index in [4.69, 9.17) is 0 Å². The van der Waals surface area contributed by atoms with Crippen molar-refractivity contribution in [2.45, 2.75) is 19.3 Å². The summed E-state index contributed by atoms with van der Waals surface area (Å²) in [6.07, 6.45) is 2.60. The van der Waals surface area contributed by atoms with Crippen LogP contribution in [0.2, 0.25) is 0 Å². The molecule has 1 rings (SSSR count). The first kappa shape index (κ1) is 10.3. The Labute approximate surface area is 78.4 Å². The summed E-state index contributed by atoms with van der Waals surface area (Å²) in [7, 11) is -2.76. The summed E-state index contributed by atoms with van der Waals surface area (Å²) in [5.41, 5.74) is 0. The molecular weight excluding hydrogens is 188 g/mol. The van der Waals surface area contributed by atoms with Gasteiger partial charge in [0, 0.05) is 6.42 Å². The van der Waals surface area contributed by atoms with Gasteiger partial charge in [-0.3, -0.25) is 4.79 Å². The third-order valence-corrected chi connectivity index (χ3v) is 3.94. The van der Waals surface area contributed by atoms with E-state index in [1.807, 2.05) is 0 Å². The lowest BCUT2D eigenvalue weighted by Crippen LogP contribution is -2.22. The van der Waals surface area contributed by atoms with Crippen LogP contribution in [-0.4, -0.2) is 26.2 Å². The van der Waals surface area contributed by atoms with Crippen molar-refractivity contribution in [3.05, 3.63) is 0 Å². The molecule has 0 atom stereocenters. The maximum absolute atomic E-state index is 11.0. The van der Waals surface area contributed by atoms with Gasteiger partial charge >= 0.3 is 0 Å². The fraction of sp³-hybridized carbons (Fsp3) is 0.667. The van der Waals surface area contributed by atoms with Crippen LogP contribution in [0.15, 0.2) is 0 Å². The molecule has 3 nitrogen and oxygen atoms in total. The van der Waals surface area contributed by atoms with Gasteiger partial charge in [-0.25, -0.2) is 8.42 Å². The molecule has 72 valence electrons. The molecule has 0 aliphatic carbocycles. The van der Waals surface area contributed by atoms with Gasteiger partial charge in [-0.1, -0.05) is 5.92 Å². The Morgan fingerprint density at radius 1 is 1.31 bits per heavy atom. The Morgan fingerprint density at radius 3 is 2.46 bits per heavy atom. The van der Waals surface area contributed by atoms with Gasteiger partial charge in [0.05, 0.1) is 11.5 Å². The minimum absolute atomic E-state index is 0.278. The molecule has 1 aliphatic heterocycles. The monoisotopic (exact) mass is 200 g/mol. The predicted molar refractivity (Wildman–Crippen MR) is 49.8 cm³/mol. The van der Waals surface area contributed by atoms with Crippen LogP contribution in [0, 0.1) is 17.8 Å². The lowest BCUT2D eigenvalue weighted by molar-refractivity contribution is -0.103. The quantitative estimate of drug-likeness (QED) is 0.455. The van der Waals surface area contributed by atoms with Crippen LogP contribution in [0.25, 0.3) is 0 Å². The van der Waals surface area contributed by atoms with Gasteiger partial charge in [0.1, 0.15) is 9.84 Å². The number of rotatable bonds is 1. The lowest BCUT2D eigenvalue weighted by Gasteiger charge is -2.19. The molecule has 1 saturated heterocycles. The predicted octanol–water partition coefficient (Wildman–Crippen LogP) is 0.404. The highest BCUT2D eigenvalue weighted by molar-refractivity contribution is 7.91. The molecule has 0 aromatic heterocycles. The van der Waals surface area contributed by atoms with Crippen LogP contribution >= 0.6 is 0 Å². The summed E-state index contributed by atoms with van der Waals surface area (Å²) in [6, 6.07) is 0. The highest BCUT2D eigenvalue weighted by Crippen LogP contribution is 2.21. The molecule has 1 fully saturated rings. The maximum Gasteiger partial charge on any atom is 0.192 e. The fourth-order valence-corrected chi connectivity index (χ4v) is 2.98. The molecule has 4 heteroatoms. The minimum Gasteiger partial charge on any atom is -0.289 e. The molecule has 0 amide bonds. The molecule has 0 unspecified atom stereocenters. The number of aldehydes is 1.